The van der Waals surface area contributed by atoms with Crippen molar-refractivity contribution in [2.45, 2.75) is 26.7 Å². The van der Waals surface area contributed by atoms with Crippen LogP contribution in [0.25, 0.3) is 0 Å². The molecule has 1 aromatic rings. The van der Waals surface area contributed by atoms with Gasteiger partial charge in [0, 0.05) is 12.6 Å². The van der Waals surface area contributed by atoms with Crippen molar-refractivity contribution in [3.8, 4) is 0 Å². The van der Waals surface area contributed by atoms with Gasteiger partial charge in [-0.2, -0.15) is 8.78 Å². The molecule has 2 nitrogen and oxygen atoms in total. The summed E-state index contributed by atoms with van der Waals surface area (Å²) >= 11 is 0. The van der Waals surface area contributed by atoms with Crippen LogP contribution in [0.2, 0.25) is 0 Å². The van der Waals surface area contributed by atoms with E-state index in [2.05, 4.69) is 9.97 Å². The van der Waals surface area contributed by atoms with Gasteiger partial charge in [0.2, 0.25) is 0 Å². The molecule has 1 rings (SSSR count). The third-order valence-corrected chi connectivity index (χ3v) is 1.42. The molecule has 0 radical (unpaired) electrons. The number of imidazole rings is 1. The van der Waals surface area contributed by atoms with Crippen LogP contribution in [0.4, 0.5) is 8.78 Å². The van der Waals surface area contributed by atoms with Gasteiger partial charge in [0.1, 0.15) is 11.5 Å². The molecule has 0 atom stereocenters. The average Bonchev–Trinajstić information content (AvgIpc) is 2.08. The van der Waals surface area contributed by atoms with E-state index in [1.54, 1.807) is 13.8 Å². The highest BCUT2D eigenvalue weighted by Gasteiger charge is 2.29. The van der Waals surface area contributed by atoms with E-state index in [0.29, 0.717) is 11.5 Å². The van der Waals surface area contributed by atoms with Gasteiger partial charge in [0.15, 0.2) is 0 Å². The highest BCUT2D eigenvalue weighted by molar-refractivity contribution is 5.16. The smallest absolute Gasteiger partial charge is 0.288 e. The zero-order valence-corrected chi connectivity index (χ0v) is 6.70. The third-order valence-electron chi connectivity index (χ3n) is 1.42. The van der Waals surface area contributed by atoms with Crippen molar-refractivity contribution in [1.82, 2.24) is 9.97 Å². The summed E-state index contributed by atoms with van der Waals surface area (Å²) in [7, 11) is 0. The van der Waals surface area contributed by atoms with Gasteiger partial charge in [-0.05, 0) is 13.8 Å². The van der Waals surface area contributed by atoms with Crippen molar-refractivity contribution in [3.05, 3.63) is 17.2 Å². The fourth-order valence-corrected chi connectivity index (χ4v) is 1.04. The van der Waals surface area contributed by atoms with Crippen LogP contribution in [0, 0.1) is 13.8 Å². The van der Waals surface area contributed by atoms with Crippen molar-refractivity contribution < 1.29 is 8.78 Å². The Balaban J connectivity index is 3.13. The van der Waals surface area contributed by atoms with Crippen LogP contribution in [-0.4, -0.2) is 9.97 Å². The first kappa shape index (κ1) is 8.17. The first-order chi connectivity index (χ1) is 4.91. The fourth-order valence-electron chi connectivity index (χ4n) is 1.04. The zero-order valence-electron chi connectivity index (χ0n) is 6.70. The molecule has 0 bridgehead atoms. The van der Waals surface area contributed by atoms with Crippen LogP contribution in [0.3, 0.4) is 0 Å². The van der Waals surface area contributed by atoms with Crippen LogP contribution < -0.4 is 0 Å². The predicted octanol–water partition coefficient (Wildman–Crippen LogP) is 2.14. The van der Waals surface area contributed by atoms with Gasteiger partial charge in [0.25, 0.3) is 5.92 Å². The summed E-state index contributed by atoms with van der Waals surface area (Å²) in [6, 6.07) is 0. The molecule has 4 heteroatoms. The number of aromatic nitrogens is 2. The Kier molecular flexibility index (Phi) is 1.70. The second kappa shape index (κ2) is 2.29. The highest BCUT2D eigenvalue weighted by atomic mass is 19.3. The maximum absolute atomic E-state index is 12.6. The van der Waals surface area contributed by atoms with Gasteiger partial charge in [-0.15, -0.1) is 0 Å². The van der Waals surface area contributed by atoms with Crippen LogP contribution in [0.5, 0.6) is 0 Å². The van der Waals surface area contributed by atoms with E-state index in [1.165, 1.54) is 0 Å². The quantitative estimate of drug-likeness (QED) is 0.669. The van der Waals surface area contributed by atoms with E-state index in [1.807, 2.05) is 0 Å². The first-order valence-corrected chi connectivity index (χ1v) is 3.33. The Hall–Kier alpha value is -0.930. The van der Waals surface area contributed by atoms with Gasteiger partial charge in [-0.1, -0.05) is 0 Å². The van der Waals surface area contributed by atoms with Crippen LogP contribution in [0.15, 0.2) is 0 Å². The number of aryl methyl sites for hydroxylation is 2. The molecule has 11 heavy (non-hydrogen) atoms. The van der Waals surface area contributed by atoms with E-state index < -0.39 is 5.92 Å². The number of nitrogens with zero attached hydrogens (tertiary/aromatic N) is 1. The Morgan fingerprint density at radius 1 is 1.36 bits per heavy atom. The number of rotatable bonds is 1. The van der Waals surface area contributed by atoms with E-state index in [0.717, 1.165) is 6.92 Å². The second-order valence-electron chi connectivity index (χ2n) is 2.68. The maximum atomic E-state index is 12.6. The topological polar surface area (TPSA) is 28.7 Å². The molecular formula is C7H10F2N2. The monoisotopic (exact) mass is 160 g/mol. The second-order valence-corrected chi connectivity index (χ2v) is 2.68. The summed E-state index contributed by atoms with van der Waals surface area (Å²) in [6.07, 6.45) is 0. The summed E-state index contributed by atoms with van der Waals surface area (Å²) in [5.41, 5.74) is 0.282. The molecule has 1 aromatic heterocycles. The van der Waals surface area contributed by atoms with Gasteiger partial charge >= 0.3 is 0 Å². The van der Waals surface area contributed by atoms with E-state index in [4.69, 9.17) is 0 Å². The van der Waals surface area contributed by atoms with Crippen molar-refractivity contribution >= 4 is 0 Å². The summed E-state index contributed by atoms with van der Waals surface area (Å²) in [6.45, 7) is 4.09. The minimum Gasteiger partial charge on any atom is -0.346 e. The number of H-pyrrole nitrogens is 1. The lowest BCUT2D eigenvalue weighted by Gasteiger charge is -2.06. The first-order valence-electron chi connectivity index (χ1n) is 3.33. The molecule has 0 unspecified atom stereocenters. The number of alkyl halides is 2. The molecule has 0 aliphatic rings. The average molecular weight is 160 g/mol. The number of aromatic amines is 1. The van der Waals surface area contributed by atoms with Crippen LogP contribution in [-0.2, 0) is 5.92 Å². The molecule has 0 aliphatic heterocycles. The molecule has 0 saturated heterocycles. The van der Waals surface area contributed by atoms with Gasteiger partial charge in [-0.3, -0.25) is 0 Å². The molecule has 1 heterocycles. The lowest BCUT2D eigenvalue weighted by molar-refractivity contribution is 0.0124. The Morgan fingerprint density at radius 2 is 1.91 bits per heavy atom. The molecule has 0 aromatic carbocycles. The van der Waals surface area contributed by atoms with Gasteiger partial charge in [0.05, 0.1) is 0 Å². The molecule has 1 N–H and O–H groups in total. The van der Waals surface area contributed by atoms with E-state index in [-0.39, 0.29) is 5.69 Å². The molecule has 0 aliphatic carbocycles. The standard InChI is InChI=1S/C7H10F2N2/c1-4-6(7(3,8)9)11-5(2)10-4/h1-3H3,(H,10,11). The zero-order chi connectivity index (χ0) is 8.65. The number of hydrogen-bond donors (Lipinski definition) is 1. The molecule has 62 valence electrons. The minimum atomic E-state index is -2.84. The summed E-state index contributed by atoms with van der Waals surface area (Å²) in [5.74, 6) is -2.31. The Labute approximate surface area is 63.7 Å². The molecule has 0 amide bonds. The highest BCUT2D eigenvalue weighted by Crippen LogP contribution is 2.27. The van der Waals surface area contributed by atoms with Gasteiger partial charge in [-0.25, -0.2) is 4.98 Å². The van der Waals surface area contributed by atoms with Crippen LogP contribution >= 0.6 is 0 Å². The van der Waals surface area contributed by atoms with E-state index >= 15 is 0 Å². The van der Waals surface area contributed by atoms with Crippen molar-refractivity contribution in [2.24, 2.45) is 0 Å². The minimum absolute atomic E-state index is 0.157. The van der Waals surface area contributed by atoms with Crippen LogP contribution in [0.1, 0.15) is 24.1 Å². The third kappa shape index (κ3) is 1.56. The lowest BCUT2D eigenvalue weighted by Crippen LogP contribution is -2.09. The Morgan fingerprint density at radius 3 is 2.09 bits per heavy atom. The normalized spacial score (nSPS) is 12.1. The predicted molar refractivity (Wildman–Crippen MR) is 37.6 cm³/mol. The van der Waals surface area contributed by atoms with Crippen molar-refractivity contribution in [2.75, 3.05) is 0 Å². The van der Waals surface area contributed by atoms with Crippen molar-refractivity contribution in [1.29, 1.82) is 0 Å². The summed E-state index contributed by atoms with van der Waals surface area (Å²) < 4.78 is 25.3. The fraction of sp³-hybridized carbons (Fsp3) is 0.571. The summed E-state index contributed by atoms with van der Waals surface area (Å²) in [4.78, 5) is 6.40. The molecule has 0 spiro atoms. The van der Waals surface area contributed by atoms with Gasteiger partial charge < -0.3 is 4.98 Å². The van der Waals surface area contributed by atoms with E-state index in [9.17, 15) is 8.78 Å². The number of halogens is 2. The molecule has 0 fully saturated rings. The SMILES string of the molecule is Cc1nc(C(C)(F)F)c(C)[nH]1. The Bertz CT molecular complexity index is 260. The van der Waals surface area contributed by atoms with Crippen molar-refractivity contribution in [3.63, 3.8) is 0 Å². The largest absolute Gasteiger partial charge is 0.346 e. The molecule has 0 saturated carbocycles. The molecular weight excluding hydrogens is 150 g/mol. The number of hydrogen-bond acceptors (Lipinski definition) is 1. The maximum Gasteiger partial charge on any atom is 0.288 e. The summed E-state index contributed by atoms with van der Waals surface area (Å²) in [5, 5.41) is 0. The lowest BCUT2D eigenvalue weighted by atomic mass is 10.2. The number of nitrogens with one attached hydrogen (secondary N) is 1.